The fourth-order valence-electron chi connectivity index (χ4n) is 0. The summed E-state index contributed by atoms with van der Waals surface area (Å²) < 4.78 is 0. The zero-order valence-electron chi connectivity index (χ0n) is 4.09. The molecule has 0 N–H and O–H groups in total. The average Bonchev–Trinajstić information content (AvgIpc) is 1.00. The van der Waals surface area contributed by atoms with E-state index in [0.29, 0.717) is 0 Å². The molecular weight excluding hydrogens is 140 g/mol. The van der Waals surface area contributed by atoms with Crippen LogP contribution in [0.25, 0.3) is 0 Å². The normalized spacial score (nSPS) is 1.20. The van der Waals surface area contributed by atoms with E-state index in [0.717, 1.165) is 0 Å². The van der Waals surface area contributed by atoms with Gasteiger partial charge in [-0.15, -0.1) is 0 Å². The van der Waals surface area contributed by atoms with Crippen LogP contribution < -0.4 is 17.0 Å². The molecule has 0 bridgehead atoms. The summed E-state index contributed by atoms with van der Waals surface area (Å²) in [6.45, 7) is 4.00. The maximum atomic E-state index is 2.00. The van der Waals surface area contributed by atoms with Crippen molar-refractivity contribution in [2.45, 2.75) is 13.8 Å². The molecule has 0 fully saturated rings. The molecule has 30 valence electrons. The third kappa shape index (κ3) is 35.6. The molecule has 0 aromatic carbocycles. The summed E-state index contributed by atoms with van der Waals surface area (Å²) in [5.74, 6) is 0. The fourth-order valence-corrected chi connectivity index (χ4v) is 0. The first kappa shape index (κ1) is 34.1. The van der Waals surface area contributed by atoms with Gasteiger partial charge in [0, 0.05) is 0 Å². The second-order valence-corrected chi connectivity index (χ2v) is 0. The standard InChI is InChI=1S/C2H6.CH3.BrH.Mg/c1-2;;;/h1-2H3;1H3;1H;/q;-1;;+2/p-1. The molecule has 0 amide bonds. The van der Waals surface area contributed by atoms with Crippen LogP contribution in [0.5, 0.6) is 0 Å². The van der Waals surface area contributed by atoms with Gasteiger partial charge in [-0.3, -0.25) is 0 Å². The second kappa shape index (κ2) is 60.9. The monoisotopic (exact) mass is 148 g/mol. The van der Waals surface area contributed by atoms with E-state index >= 15 is 0 Å². The van der Waals surface area contributed by atoms with Gasteiger partial charge in [-0.1, -0.05) is 13.8 Å². The third-order valence-electron chi connectivity index (χ3n) is 0. The Morgan fingerprint density at radius 3 is 1.00 bits per heavy atom. The first-order chi connectivity index (χ1) is 1.00. The van der Waals surface area contributed by atoms with Crippen LogP contribution >= 0.6 is 0 Å². The first-order valence-electron chi connectivity index (χ1n) is 1.00. The molecule has 0 aliphatic heterocycles. The summed E-state index contributed by atoms with van der Waals surface area (Å²) in [6.07, 6.45) is 0. The minimum Gasteiger partial charge on any atom is -1.00 e. The number of halogens is 1. The zero-order valence-corrected chi connectivity index (χ0v) is 7.09. The summed E-state index contributed by atoms with van der Waals surface area (Å²) in [5.41, 5.74) is 0. The topological polar surface area (TPSA) is 0 Å². The molecule has 0 heterocycles. The minimum absolute atomic E-state index is 0. The van der Waals surface area contributed by atoms with Gasteiger partial charge in [-0.25, -0.2) is 0 Å². The number of rotatable bonds is 0. The molecule has 0 unspecified atom stereocenters. The summed E-state index contributed by atoms with van der Waals surface area (Å²) >= 11 is 0. The van der Waals surface area contributed by atoms with Gasteiger partial charge >= 0.3 is 23.1 Å². The van der Waals surface area contributed by atoms with Crippen LogP contribution in [0.2, 0.25) is 0 Å². The average molecular weight is 149 g/mol. The number of hydrogen-bond donors (Lipinski definition) is 0. The van der Waals surface area contributed by atoms with E-state index < -0.39 is 0 Å². The van der Waals surface area contributed by atoms with Crippen LogP contribution in [0.4, 0.5) is 0 Å². The van der Waals surface area contributed by atoms with E-state index in [9.17, 15) is 0 Å². The van der Waals surface area contributed by atoms with Gasteiger partial charge in [0.05, 0.1) is 0 Å². The van der Waals surface area contributed by atoms with Crippen molar-refractivity contribution in [3.05, 3.63) is 7.43 Å². The van der Waals surface area contributed by atoms with Crippen LogP contribution in [0.1, 0.15) is 13.8 Å². The molecule has 0 aromatic rings. The van der Waals surface area contributed by atoms with Crippen LogP contribution in [-0.2, 0) is 0 Å². The van der Waals surface area contributed by atoms with Crippen LogP contribution in [0.15, 0.2) is 0 Å². The Bertz CT molecular complexity index is 6.85. The predicted octanol–water partition coefficient (Wildman–Crippen LogP) is -1.90. The molecule has 0 rings (SSSR count). The van der Waals surface area contributed by atoms with Crippen molar-refractivity contribution >= 4 is 23.1 Å². The van der Waals surface area contributed by atoms with Gasteiger partial charge < -0.3 is 24.4 Å². The van der Waals surface area contributed by atoms with Crippen molar-refractivity contribution in [3.8, 4) is 0 Å². The van der Waals surface area contributed by atoms with E-state index in [2.05, 4.69) is 0 Å². The van der Waals surface area contributed by atoms with Crippen molar-refractivity contribution in [2.24, 2.45) is 0 Å². The van der Waals surface area contributed by atoms with E-state index in [4.69, 9.17) is 0 Å². The SMILES string of the molecule is CC.[Br-].[CH3-].[Mg+2]. The molecule has 5 heavy (non-hydrogen) atoms. The summed E-state index contributed by atoms with van der Waals surface area (Å²) in [7, 11) is 0. The Hall–Kier alpha value is 1.25. The molecule has 0 atom stereocenters. The van der Waals surface area contributed by atoms with E-state index in [-0.39, 0.29) is 47.5 Å². The van der Waals surface area contributed by atoms with Gasteiger partial charge in [-0.05, 0) is 0 Å². The summed E-state index contributed by atoms with van der Waals surface area (Å²) in [5, 5.41) is 0. The van der Waals surface area contributed by atoms with Gasteiger partial charge in [0.15, 0.2) is 0 Å². The van der Waals surface area contributed by atoms with Crippen LogP contribution in [0.3, 0.4) is 0 Å². The Morgan fingerprint density at radius 2 is 1.00 bits per heavy atom. The Labute approximate surface area is 61.3 Å². The Kier molecular flexibility index (Phi) is 415. The van der Waals surface area contributed by atoms with Crippen molar-refractivity contribution < 1.29 is 17.0 Å². The Balaban J connectivity index is -0.00000000167. The maximum absolute atomic E-state index is 2.00. The molecule has 0 nitrogen and oxygen atoms in total. The van der Waals surface area contributed by atoms with E-state index in [1.807, 2.05) is 13.8 Å². The van der Waals surface area contributed by atoms with Crippen molar-refractivity contribution in [1.29, 1.82) is 0 Å². The molecule has 0 aliphatic rings. The largest absolute Gasteiger partial charge is 2.00 e. The Morgan fingerprint density at radius 1 is 1.00 bits per heavy atom. The summed E-state index contributed by atoms with van der Waals surface area (Å²) in [6, 6.07) is 0. The maximum Gasteiger partial charge on any atom is 2.00 e. The zero-order chi connectivity index (χ0) is 2.00. The molecule has 0 aliphatic carbocycles. The van der Waals surface area contributed by atoms with E-state index in [1.165, 1.54) is 0 Å². The summed E-state index contributed by atoms with van der Waals surface area (Å²) in [4.78, 5) is 0. The van der Waals surface area contributed by atoms with E-state index in [1.54, 1.807) is 0 Å². The van der Waals surface area contributed by atoms with Crippen LogP contribution in [0, 0.1) is 7.43 Å². The van der Waals surface area contributed by atoms with Gasteiger partial charge in [0.25, 0.3) is 0 Å². The quantitative estimate of drug-likeness (QED) is 0.279. The fraction of sp³-hybridized carbons (Fsp3) is 0.667. The molecule has 0 saturated carbocycles. The van der Waals surface area contributed by atoms with Crippen molar-refractivity contribution in [3.63, 3.8) is 0 Å². The van der Waals surface area contributed by atoms with Gasteiger partial charge in [-0.2, -0.15) is 0 Å². The number of hydrogen-bond acceptors (Lipinski definition) is 0. The molecule has 0 saturated heterocycles. The van der Waals surface area contributed by atoms with Crippen LogP contribution in [-0.4, -0.2) is 23.1 Å². The molecule has 0 aromatic heterocycles. The van der Waals surface area contributed by atoms with Gasteiger partial charge in [0.2, 0.25) is 0 Å². The minimum atomic E-state index is 0. The molecule has 0 spiro atoms. The predicted molar refractivity (Wildman–Crippen MR) is 23.5 cm³/mol. The van der Waals surface area contributed by atoms with Crippen molar-refractivity contribution in [2.75, 3.05) is 0 Å². The third-order valence-corrected chi connectivity index (χ3v) is 0. The molecular formula is C3H9BrMg. The first-order valence-corrected chi connectivity index (χ1v) is 1.00. The molecule has 0 radical (unpaired) electrons. The van der Waals surface area contributed by atoms with Gasteiger partial charge in [0.1, 0.15) is 0 Å². The smallest absolute Gasteiger partial charge is 1.00 e. The molecule has 2 heteroatoms. The second-order valence-electron chi connectivity index (χ2n) is 0. The van der Waals surface area contributed by atoms with Crippen molar-refractivity contribution in [1.82, 2.24) is 0 Å².